The Morgan fingerprint density at radius 1 is 0.506 bits per heavy atom. The molecule has 0 aromatic carbocycles. The van der Waals surface area contributed by atoms with Crippen LogP contribution in [0.15, 0.2) is 48.6 Å². The Balaban J connectivity index is 2.67. The zero-order valence-electron chi connectivity index (χ0n) is 49.8. The van der Waals surface area contributed by atoms with Crippen molar-refractivity contribution >= 4 is 11.9 Å². The largest absolute Gasteiger partial charge is 0.454 e. The van der Waals surface area contributed by atoms with Crippen LogP contribution in [0.3, 0.4) is 0 Å². The van der Waals surface area contributed by atoms with Crippen LogP contribution in [0.1, 0.15) is 297 Å². The minimum absolute atomic E-state index is 0.119. The number of carbonyl (C=O) groups excluding carboxylic acids is 2. The lowest BCUT2D eigenvalue weighted by atomic mass is 9.99. The first-order chi connectivity index (χ1) is 37.7. The van der Waals surface area contributed by atoms with Gasteiger partial charge in [0, 0.05) is 6.42 Å². The van der Waals surface area contributed by atoms with Crippen molar-refractivity contribution in [1.82, 2.24) is 5.32 Å². The first kappa shape index (κ1) is 72.6. The highest BCUT2D eigenvalue weighted by Crippen LogP contribution is 2.26. The van der Waals surface area contributed by atoms with E-state index in [0.717, 1.165) is 83.5 Å². The van der Waals surface area contributed by atoms with Gasteiger partial charge >= 0.3 is 5.97 Å². The van der Waals surface area contributed by atoms with Crippen LogP contribution in [0.5, 0.6) is 0 Å². The summed E-state index contributed by atoms with van der Waals surface area (Å²) >= 11 is 0. The van der Waals surface area contributed by atoms with Crippen molar-refractivity contribution in [2.75, 3.05) is 13.2 Å². The van der Waals surface area contributed by atoms with Crippen LogP contribution < -0.4 is 5.32 Å². The van der Waals surface area contributed by atoms with Gasteiger partial charge in [0.1, 0.15) is 24.4 Å². The summed E-state index contributed by atoms with van der Waals surface area (Å²) in [5.74, 6) is -1.20. The van der Waals surface area contributed by atoms with Crippen LogP contribution in [0.2, 0.25) is 0 Å². The number of nitrogens with one attached hydrogen (secondary N) is 1. The molecule has 77 heavy (non-hydrogen) atoms. The lowest BCUT2D eigenvalue weighted by Gasteiger charge is -2.41. The smallest absolute Gasteiger partial charge is 0.306 e. The van der Waals surface area contributed by atoms with Crippen LogP contribution in [-0.2, 0) is 23.8 Å². The van der Waals surface area contributed by atoms with Crippen molar-refractivity contribution in [2.45, 2.75) is 346 Å². The lowest BCUT2D eigenvalue weighted by molar-refractivity contribution is -0.305. The second kappa shape index (κ2) is 54.2. The van der Waals surface area contributed by atoms with Crippen molar-refractivity contribution in [3.63, 3.8) is 0 Å². The molecule has 8 unspecified atom stereocenters. The molecule has 1 amide bonds. The van der Waals surface area contributed by atoms with E-state index in [0.29, 0.717) is 12.8 Å². The first-order valence-electron chi connectivity index (χ1n) is 32.4. The molecule has 6 N–H and O–H groups in total. The summed E-state index contributed by atoms with van der Waals surface area (Å²) in [5, 5.41) is 57.1. The molecule has 11 nitrogen and oxygen atoms in total. The van der Waals surface area contributed by atoms with Crippen LogP contribution in [-0.4, -0.2) is 99.6 Å². The molecule has 1 aliphatic rings. The highest BCUT2D eigenvalue weighted by Gasteiger charge is 2.47. The predicted octanol–water partition coefficient (Wildman–Crippen LogP) is 15.6. The topological polar surface area (TPSA) is 175 Å². The Labute approximate surface area is 472 Å². The highest BCUT2D eigenvalue weighted by molar-refractivity contribution is 5.80. The number of aliphatic hydroxyl groups is 5. The van der Waals surface area contributed by atoms with E-state index in [9.17, 15) is 35.1 Å². The van der Waals surface area contributed by atoms with Crippen LogP contribution in [0, 0.1) is 0 Å². The van der Waals surface area contributed by atoms with Gasteiger partial charge in [-0.3, -0.25) is 9.59 Å². The standard InChI is InChI=1S/C66H121NO10/c1-4-7-10-13-16-19-22-25-27-29-30-31-33-36-39-42-45-48-51-54-61(71)77-64-63(73)62(72)60(55-68)76-66(64)75-56-57(58(69)52-49-46-43-40-37-34-24-21-18-15-12-9-6-3)67-65(74)59(70)53-50-47-44-41-38-35-32-28-26-23-20-17-14-11-8-5-2/h16,19,25-28,49,52,57-60,62-64,66,68-70,72-73H,4-15,17-18,20-24,29-48,50-51,53-56H2,1-3H3,(H,67,74)/b19-16-,27-25-,28-26+,52-49+. The van der Waals surface area contributed by atoms with E-state index in [1.165, 1.54) is 167 Å². The van der Waals surface area contributed by atoms with Crippen LogP contribution in [0.25, 0.3) is 0 Å². The second-order valence-corrected chi connectivity index (χ2v) is 22.5. The molecule has 0 radical (unpaired) electrons. The van der Waals surface area contributed by atoms with Gasteiger partial charge in [-0.2, -0.15) is 0 Å². The number of amides is 1. The van der Waals surface area contributed by atoms with Crippen molar-refractivity contribution in [2.24, 2.45) is 0 Å². The quantitative estimate of drug-likeness (QED) is 0.0195. The molecule has 11 heteroatoms. The molecule has 0 aromatic rings. The third kappa shape index (κ3) is 42.2. The minimum atomic E-state index is -1.62. The van der Waals surface area contributed by atoms with Crippen LogP contribution in [0.4, 0.5) is 0 Å². The van der Waals surface area contributed by atoms with Gasteiger partial charge in [-0.25, -0.2) is 0 Å². The number of unbranched alkanes of at least 4 members (excludes halogenated alkanes) is 35. The number of ether oxygens (including phenoxy) is 3. The number of carbonyl (C=O) groups is 2. The van der Waals surface area contributed by atoms with Gasteiger partial charge in [-0.05, 0) is 83.5 Å². The molecule has 0 bridgehead atoms. The van der Waals surface area contributed by atoms with Gasteiger partial charge in [0.05, 0.1) is 25.4 Å². The monoisotopic (exact) mass is 1090 g/mol. The van der Waals surface area contributed by atoms with Crippen molar-refractivity contribution < 1.29 is 49.3 Å². The number of esters is 1. The van der Waals surface area contributed by atoms with Crippen molar-refractivity contribution in [3.05, 3.63) is 48.6 Å². The normalized spacial score (nSPS) is 19.3. The molecule has 450 valence electrons. The van der Waals surface area contributed by atoms with Crippen molar-refractivity contribution in [1.29, 1.82) is 0 Å². The lowest BCUT2D eigenvalue weighted by Crippen LogP contribution is -2.61. The highest BCUT2D eigenvalue weighted by atomic mass is 16.7. The van der Waals surface area contributed by atoms with E-state index in [-0.39, 0.29) is 19.4 Å². The zero-order valence-corrected chi connectivity index (χ0v) is 49.8. The van der Waals surface area contributed by atoms with Gasteiger partial charge in [0.25, 0.3) is 0 Å². The molecule has 1 fully saturated rings. The SMILES string of the molecule is CCCCC/C=C\C/C=C\CCCCCCCCCCCC(=O)OC1C(OCC(NC(=O)C(O)CCCCCCCC/C=C/CCCCCCCC)C(O)/C=C/CCCCCCCCCCCCC)OC(CO)C(O)C1O. The fourth-order valence-corrected chi connectivity index (χ4v) is 10.0. The molecule has 0 aliphatic carbocycles. The second-order valence-electron chi connectivity index (χ2n) is 22.5. The van der Waals surface area contributed by atoms with E-state index < -0.39 is 67.4 Å². The van der Waals surface area contributed by atoms with E-state index in [1.807, 2.05) is 6.08 Å². The molecule has 1 saturated heterocycles. The Morgan fingerprint density at radius 3 is 1.36 bits per heavy atom. The Morgan fingerprint density at radius 2 is 0.896 bits per heavy atom. The number of allylic oxidation sites excluding steroid dienone is 7. The Bertz CT molecular complexity index is 1440. The maximum atomic E-state index is 13.4. The van der Waals surface area contributed by atoms with Gasteiger partial charge in [-0.1, -0.05) is 256 Å². The van der Waals surface area contributed by atoms with E-state index in [1.54, 1.807) is 6.08 Å². The minimum Gasteiger partial charge on any atom is -0.454 e. The first-order valence-corrected chi connectivity index (χ1v) is 32.4. The number of hydrogen-bond acceptors (Lipinski definition) is 10. The fraction of sp³-hybridized carbons (Fsp3) is 0.848. The molecule has 1 aliphatic heterocycles. The molecular formula is C66H121NO10. The summed E-state index contributed by atoms with van der Waals surface area (Å²) in [7, 11) is 0. The summed E-state index contributed by atoms with van der Waals surface area (Å²) in [4.78, 5) is 26.6. The maximum absolute atomic E-state index is 13.4. The molecule has 1 heterocycles. The predicted molar refractivity (Wildman–Crippen MR) is 320 cm³/mol. The summed E-state index contributed by atoms with van der Waals surface area (Å²) in [6, 6.07) is -1.03. The zero-order chi connectivity index (χ0) is 56.1. The molecular weight excluding hydrogens is 967 g/mol. The van der Waals surface area contributed by atoms with Gasteiger partial charge < -0.3 is 45.1 Å². The molecule has 1 rings (SSSR count). The van der Waals surface area contributed by atoms with E-state index >= 15 is 0 Å². The third-order valence-electron chi connectivity index (χ3n) is 15.2. The van der Waals surface area contributed by atoms with Gasteiger partial charge in [0.15, 0.2) is 12.4 Å². The van der Waals surface area contributed by atoms with Gasteiger partial charge in [0.2, 0.25) is 5.91 Å². The number of hydrogen-bond donors (Lipinski definition) is 6. The number of aliphatic hydroxyl groups excluding tert-OH is 5. The average Bonchev–Trinajstić information content (AvgIpc) is 3.43. The summed E-state index contributed by atoms with van der Waals surface area (Å²) in [6.07, 6.45) is 55.7. The summed E-state index contributed by atoms with van der Waals surface area (Å²) in [6.45, 7) is 5.78. The molecule has 0 spiro atoms. The Hall–Kier alpha value is -2.38. The van der Waals surface area contributed by atoms with Gasteiger partial charge in [-0.15, -0.1) is 0 Å². The molecule has 8 atom stereocenters. The van der Waals surface area contributed by atoms with E-state index in [2.05, 4.69) is 62.5 Å². The number of rotatable bonds is 55. The third-order valence-corrected chi connectivity index (χ3v) is 15.2. The molecule has 0 saturated carbocycles. The summed E-state index contributed by atoms with van der Waals surface area (Å²) < 4.78 is 17.6. The maximum Gasteiger partial charge on any atom is 0.306 e. The molecule has 0 aromatic heterocycles. The van der Waals surface area contributed by atoms with Crippen molar-refractivity contribution in [3.8, 4) is 0 Å². The van der Waals surface area contributed by atoms with E-state index in [4.69, 9.17) is 14.2 Å². The summed E-state index contributed by atoms with van der Waals surface area (Å²) in [5.41, 5.74) is 0. The van der Waals surface area contributed by atoms with Crippen LogP contribution >= 0.6 is 0 Å². The fourth-order valence-electron chi connectivity index (χ4n) is 10.0. The average molecular weight is 1090 g/mol. The Kier molecular flexibility index (Phi) is 51.1.